The van der Waals surface area contributed by atoms with E-state index in [-0.39, 0.29) is 11.9 Å². The van der Waals surface area contributed by atoms with Gasteiger partial charge in [0.15, 0.2) is 0 Å². The number of rotatable bonds is 6. The van der Waals surface area contributed by atoms with E-state index in [1.807, 2.05) is 24.3 Å². The van der Waals surface area contributed by atoms with Crippen molar-refractivity contribution in [3.63, 3.8) is 0 Å². The van der Waals surface area contributed by atoms with Crippen LogP contribution in [0.5, 0.6) is 5.75 Å². The zero-order valence-corrected chi connectivity index (χ0v) is 12.8. The van der Waals surface area contributed by atoms with E-state index in [0.29, 0.717) is 19.1 Å². The average Bonchev–Trinajstić information content (AvgIpc) is 2.97. The Hall–Kier alpha value is -1.20. The molecule has 0 radical (unpaired) electrons. The van der Waals surface area contributed by atoms with Crippen molar-refractivity contribution in [1.29, 1.82) is 0 Å². The molecule has 4 nitrogen and oxygen atoms in total. The van der Waals surface area contributed by atoms with Gasteiger partial charge in [0.25, 0.3) is 0 Å². The number of hydrogen-bond donors (Lipinski definition) is 2. The molecule has 0 bridgehead atoms. The lowest BCUT2D eigenvalue weighted by Crippen LogP contribution is -2.41. The van der Waals surface area contributed by atoms with Crippen LogP contribution in [0.3, 0.4) is 0 Å². The molecule has 1 aliphatic rings. The fourth-order valence-electron chi connectivity index (χ4n) is 1.88. The molecule has 1 saturated heterocycles. The first-order chi connectivity index (χ1) is 9.65. The van der Waals surface area contributed by atoms with Crippen LogP contribution < -0.4 is 15.4 Å². The molecule has 1 unspecified atom stereocenters. The first kappa shape index (κ1) is 15.2. The summed E-state index contributed by atoms with van der Waals surface area (Å²) < 4.78 is 5.69. The van der Waals surface area contributed by atoms with Gasteiger partial charge < -0.3 is 10.1 Å². The second-order valence-corrected chi connectivity index (χ2v) is 6.37. The normalized spacial score (nSPS) is 18.2. The van der Waals surface area contributed by atoms with Gasteiger partial charge in [0.2, 0.25) is 5.91 Å². The molecule has 0 spiro atoms. The van der Waals surface area contributed by atoms with Crippen LogP contribution in [0.25, 0.3) is 0 Å². The van der Waals surface area contributed by atoms with Crippen molar-refractivity contribution in [3.8, 4) is 5.75 Å². The maximum Gasteiger partial charge on any atom is 0.238 e. The second-order valence-electron chi connectivity index (χ2n) is 5.34. The standard InChI is InChI=1S/C15H22N2O2S/c1-11(2)8-19-13-5-3-4-12(6-13)7-16-15(18)14-9-20-10-17-14/h3-6,11,14,17H,7-10H2,1-2H3,(H,16,18). The van der Waals surface area contributed by atoms with Gasteiger partial charge in [-0.1, -0.05) is 26.0 Å². The van der Waals surface area contributed by atoms with E-state index in [4.69, 9.17) is 4.74 Å². The quantitative estimate of drug-likeness (QED) is 0.842. The summed E-state index contributed by atoms with van der Waals surface area (Å²) in [5.74, 6) is 3.15. The number of amides is 1. The Balaban J connectivity index is 1.82. The van der Waals surface area contributed by atoms with Gasteiger partial charge >= 0.3 is 0 Å². The molecule has 1 aromatic rings. The molecule has 2 N–H and O–H groups in total. The zero-order chi connectivity index (χ0) is 14.4. The molecule has 0 aliphatic carbocycles. The molecule has 0 saturated carbocycles. The van der Waals surface area contributed by atoms with Crippen molar-refractivity contribution < 1.29 is 9.53 Å². The number of hydrogen-bond acceptors (Lipinski definition) is 4. The third-order valence-corrected chi connectivity index (χ3v) is 3.92. The van der Waals surface area contributed by atoms with Gasteiger partial charge in [0, 0.05) is 18.2 Å². The average molecular weight is 294 g/mol. The fraction of sp³-hybridized carbons (Fsp3) is 0.533. The van der Waals surface area contributed by atoms with E-state index in [2.05, 4.69) is 24.5 Å². The Labute approximate surface area is 124 Å². The summed E-state index contributed by atoms with van der Waals surface area (Å²) in [6, 6.07) is 7.84. The van der Waals surface area contributed by atoms with Crippen molar-refractivity contribution in [2.75, 3.05) is 18.2 Å². The molecule has 1 heterocycles. The fourth-order valence-corrected chi connectivity index (χ4v) is 2.83. The molecule has 20 heavy (non-hydrogen) atoms. The van der Waals surface area contributed by atoms with Gasteiger partial charge in [-0.25, -0.2) is 0 Å². The SMILES string of the molecule is CC(C)COc1cccc(CNC(=O)C2CSCN2)c1. The van der Waals surface area contributed by atoms with Crippen molar-refractivity contribution >= 4 is 17.7 Å². The Kier molecular flexibility index (Phi) is 5.73. The summed E-state index contributed by atoms with van der Waals surface area (Å²) in [7, 11) is 0. The highest BCUT2D eigenvalue weighted by Gasteiger charge is 2.21. The van der Waals surface area contributed by atoms with Crippen molar-refractivity contribution in [3.05, 3.63) is 29.8 Å². The minimum Gasteiger partial charge on any atom is -0.493 e. The lowest BCUT2D eigenvalue weighted by atomic mass is 10.2. The lowest BCUT2D eigenvalue weighted by Gasteiger charge is -2.12. The molecule has 5 heteroatoms. The van der Waals surface area contributed by atoms with E-state index < -0.39 is 0 Å². The molecule has 1 aliphatic heterocycles. The molecule has 1 atom stereocenters. The van der Waals surface area contributed by atoms with Crippen LogP contribution in [0, 0.1) is 5.92 Å². The summed E-state index contributed by atoms with van der Waals surface area (Å²) in [5, 5.41) is 6.13. The Morgan fingerprint density at radius 1 is 1.55 bits per heavy atom. The first-order valence-electron chi connectivity index (χ1n) is 6.95. The zero-order valence-electron chi connectivity index (χ0n) is 12.0. The highest BCUT2D eigenvalue weighted by atomic mass is 32.2. The summed E-state index contributed by atoms with van der Waals surface area (Å²) in [6.07, 6.45) is 0. The summed E-state index contributed by atoms with van der Waals surface area (Å²) in [4.78, 5) is 11.9. The third kappa shape index (κ3) is 4.72. The van der Waals surface area contributed by atoms with E-state index in [9.17, 15) is 4.79 Å². The minimum absolute atomic E-state index is 0.0552. The van der Waals surface area contributed by atoms with Crippen LogP contribution >= 0.6 is 11.8 Å². The predicted octanol–water partition coefficient (Wildman–Crippen LogP) is 2.00. The molecule has 2 rings (SSSR count). The molecular weight excluding hydrogens is 272 g/mol. The van der Waals surface area contributed by atoms with Gasteiger partial charge in [-0.3, -0.25) is 10.1 Å². The van der Waals surface area contributed by atoms with Crippen LogP contribution in [0.1, 0.15) is 19.4 Å². The molecular formula is C15H22N2O2S. The minimum atomic E-state index is -0.0552. The second kappa shape index (κ2) is 7.55. The highest BCUT2D eigenvalue weighted by molar-refractivity contribution is 7.99. The van der Waals surface area contributed by atoms with Gasteiger partial charge in [0.05, 0.1) is 12.6 Å². The molecule has 1 aromatic carbocycles. The molecule has 1 fully saturated rings. The first-order valence-corrected chi connectivity index (χ1v) is 8.11. The van der Waals surface area contributed by atoms with Crippen LogP contribution in [0.2, 0.25) is 0 Å². The third-order valence-electron chi connectivity index (χ3n) is 2.98. The summed E-state index contributed by atoms with van der Waals surface area (Å²) >= 11 is 1.75. The highest BCUT2D eigenvalue weighted by Crippen LogP contribution is 2.15. The van der Waals surface area contributed by atoms with Gasteiger partial charge in [0.1, 0.15) is 5.75 Å². The predicted molar refractivity (Wildman–Crippen MR) is 82.9 cm³/mol. The topological polar surface area (TPSA) is 50.4 Å². The van der Waals surface area contributed by atoms with Crippen molar-refractivity contribution in [2.24, 2.45) is 5.92 Å². The summed E-state index contributed by atoms with van der Waals surface area (Å²) in [5.41, 5.74) is 1.06. The lowest BCUT2D eigenvalue weighted by molar-refractivity contribution is -0.122. The van der Waals surface area contributed by atoms with Crippen LogP contribution in [-0.4, -0.2) is 30.2 Å². The largest absolute Gasteiger partial charge is 0.493 e. The van der Waals surface area contributed by atoms with Crippen LogP contribution in [-0.2, 0) is 11.3 Å². The number of carbonyl (C=O) groups excluding carboxylic acids is 1. The van der Waals surface area contributed by atoms with Crippen LogP contribution in [0.15, 0.2) is 24.3 Å². The Morgan fingerprint density at radius 2 is 2.40 bits per heavy atom. The number of carbonyl (C=O) groups is 1. The van der Waals surface area contributed by atoms with E-state index in [1.54, 1.807) is 11.8 Å². The molecule has 0 aromatic heterocycles. The van der Waals surface area contributed by atoms with E-state index in [1.165, 1.54) is 0 Å². The smallest absolute Gasteiger partial charge is 0.238 e. The molecule has 110 valence electrons. The monoisotopic (exact) mass is 294 g/mol. The van der Waals surface area contributed by atoms with Crippen molar-refractivity contribution in [2.45, 2.75) is 26.4 Å². The van der Waals surface area contributed by atoms with Crippen LogP contribution in [0.4, 0.5) is 0 Å². The van der Waals surface area contributed by atoms with E-state index in [0.717, 1.165) is 22.9 Å². The van der Waals surface area contributed by atoms with Gasteiger partial charge in [-0.15, -0.1) is 11.8 Å². The van der Waals surface area contributed by atoms with Crippen molar-refractivity contribution in [1.82, 2.24) is 10.6 Å². The number of ether oxygens (including phenoxy) is 1. The maximum absolute atomic E-state index is 11.9. The number of nitrogens with one attached hydrogen (secondary N) is 2. The number of benzene rings is 1. The summed E-state index contributed by atoms with van der Waals surface area (Å²) in [6.45, 7) is 5.49. The van der Waals surface area contributed by atoms with Gasteiger partial charge in [-0.2, -0.15) is 0 Å². The van der Waals surface area contributed by atoms with E-state index >= 15 is 0 Å². The maximum atomic E-state index is 11.9. The Morgan fingerprint density at radius 3 is 3.10 bits per heavy atom. The Bertz CT molecular complexity index is 445. The number of thioether (sulfide) groups is 1. The molecule has 1 amide bonds. The van der Waals surface area contributed by atoms with Gasteiger partial charge in [-0.05, 0) is 23.6 Å².